The van der Waals surface area contributed by atoms with Crippen LogP contribution in [-0.2, 0) is 9.53 Å². The number of amides is 3. The second-order valence-electron chi connectivity index (χ2n) is 6.97. The first-order valence-corrected chi connectivity index (χ1v) is 8.69. The van der Waals surface area contributed by atoms with Gasteiger partial charge in [0.25, 0.3) is 5.91 Å². The molecule has 0 radical (unpaired) electrons. The molecule has 0 saturated carbocycles. The van der Waals surface area contributed by atoms with Gasteiger partial charge >= 0.3 is 12.0 Å². The number of carbonyl (C=O) groups excluding carboxylic acids is 3. The van der Waals surface area contributed by atoms with Gasteiger partial charge in [-0.15, -0.1) is 0 Å². The molecule has 0 aliphatic rings. The average Bonchev–Trinajstić information content (AvgIpc) is 2.53. The van der Waals surface area contributed by atoms with Gasteiger partial charge in [0.15, 0.2) is 6.10 Å². The van der Waals surface area contributed by atoms with Gasteiger partial charge in [0.1, 0.15) is 5.75 Å². The van der Waals surface area contributed by atoms with Gasteiger partial charge in [-0.05, 0) is 58.4 Å². The molecular weight excluding hydrogens is 336 g/mol. The second-order valence-corrected chi connectivity index (χ2v) is 6.97. The molecule has 0 spiro atoms. The summed E-state index contributed by atoms with van der Waals surface area (Å²) in [4.78, 5) is 35.7. The van der Waals surface area contributed by atoms with Crippen LogP contribution in [0.2, 0.25) is 0 Å². The molecule has 0 aliphatic heterocycles. The van der Waals surface area contributed by atoms with Gasteiger partial charge in [0.05, 0.1) is 12.2 Å². The highest BCUT2D eigenvalue weighted by Crippen LogP contribution is 2.14. The van der Waals surface area contributed by atoms with E-state index in [1.807, 2.05) is 0 Å². The van der Waals surface area contributed by atoms with Gasteiger partial charge in [0.2, 0.25) is 0 Å². The molecule has 1 atom stereocenters. The normalized spacial score (nSPS) is 12.0. The maximum absolute atomic E-state index is 12.1. The summed E-state index contributed by atoms with van der Waals surface area (Å²) in [6.07, 6.45) is 0.894. The zero-order valence-corrected chi connectivity index (χ0v) is 16.0. The first-order valence-electron chi connectivity index (χ1n) is 8.69. The summed E-state index contributed by atoms with van der Waals surface area (Å²) in [7, 11) is 0. The lowest BCUT2D eigenvalue weighted by atomic mass is 10.1. The SMILES string of the molecule is CCCCOc1ccc(C(=O)OC(C)C(=O)NC(=O)NC(C)(C)C)cc1. The van der Waals surface area contributed by atoms with Crippen molar-refractivity contribution in [3.63, 3.8) is 0 Å². The summed E-state index contributed by atoms with van der Waals surface area (Å²) >= 11 is 0. The van der Waals surface area contributed by atoms with E-state index in [4.69, 9.17) is 9.47 Å². The van der Waals surface area contributed by atoms with Gasteiger partial charge < -0.3 is 14.8 Å². The Morgan fingerprint density at radius 1 is 1.12 bits per heavy atom. The van der Waals surface area contributed by atoms with Crippen LogP contribution in [-0.4, -0.2) is 36.2 Å². The van der Waals surface area contributed by atoms with Crippen LogP contribution < -0.4 is 15.4 Å². The number of unbranched alkanes of at least 4 members (excludes halogenated alkanes) is 1. The molecule has 0 fully saturated rings. The minimum atomic E-state index is -1.10. The highest BCUT2D eigenvalue weighted by atomic mass is 16.5. The Hall–Kier alpha value is -2.57. The van der Waals surface area contributed by atoms with Crippen molar-refractivity contribution in [1.82, 2.24) is 10.6 Å². The van der Waals surface area contributed by atoms with Crippen LogP contribution in [0.25, 0.3) is 0 Å². The number of carbonyl (C=O) groups is 3. The molecule has 0 saturated heterocycles. The van der Waals surface area contributed by atoms with Crippen molar-refractivity contribution in [1.29, 1.82) is 0 Å². The fourth-order valence-corrected chi connectivity index (χ4v) is 1.89. The highest BCUT2D eigenvalue weighted by Gasteiger charge is 2.22. The summed E-state index contributed by atoms with van der Waals surface area (Å²) in [6, 6.07) is 5.85. The van der Waals surface area contributed by atoms with Crippen molar-refractivity contribution >= 4 is 17.9 Å². The standard InChI is InChI=1S/C19H28N2O5/c1-6-7-12-25-15-10-8-14(9-11-15)17(23)26-13(2)16(22)20-18(24)21-19(3,4)5/h8-11,13H,6-7,12H2,1-5H3,(H2,20,21,22,24). The Bertz CT molecular complexity index is 620. The quantitative estimate of drug-likeness (QED) is 0.573. The topological polar surface area (TPSA) is 93.7 Å². The van der Waals surface area contributed by atoms with Crippen molar-refractivity contribution in [3.05, 3.63) is 29.8 Å². The third-order valence-electron chi connectivity index (χ3n) is 3.23. The molecule has 1 aromatic rings. The van der Waals surface area contributed by atoms with Crippen LogP contribution in [0.1, 0.15) is 57.8 Å². The minimum absolute atomic E-state index is 0.298. The van der Waals surface area contributed by atoms with Gasteiger partial charge in [0, 0.05) is 5.54 Å². The largest absolute Gasteiger partial charge is 0.494 e. The number of benzene rings is 1. The van der Waals surface area contributed by atoms with Gasteiger partial charge in [-0.3, -0.25) is 10.1 Å². The van der Waals surface area contributed by atoms with E-state index >= 15 is 0 Å². The molecule has 0 bridgehead atoms. The molecule has 1 unspecified atom stereocenters. The van der Waals surface area contributed by atoms with Crippen LogP contribution in [0.3, 0.4) is 0 Å². The van der Waals surface area contributed by atoms with Gasteiger partial charge in [-0.25, -0.2) is 9.59 Å². The Labute approximate surface area is 154 Å². The molecule has 2 N–H and O–H groups in total. The fraction of sp³-hybridized carbons (Fsp3) is 0.526. The number of nitrogens with one attached hydrogen (secondary N) is 2. The van der Waals surface area contributed by atoms with E-state index < -0.39 is 29.6 Å². The molecule has 26 heavy (non-hydrogen) atoms. The Morgan fingerprint density at radius 2 is 1.73 bits per heavy atom. The lowest BCUT2D eigenvalue weighted by molar-refractivity contribution is -0.127. The van der Waals surface area contributed by atoms with Crippen molar-refractivity contribution < 1.29 is 23.9 Å². The highest BCUT2D eigenvalue weighted by molar-refractivity contribution is 5.98. The minimum Gasteiger partial charge on any atom is -0.494 e. The molecule has 0 aliphatic carbocycles. The molecule has 3 amide bonds. The zero-order valence-electron chi connectivity index (χ0n) is 16.0. The summed E-state index contributed by atoms with van der Waals surface area (Å²) in [5.41, 5.74) is -0.183. The predicted octanol–water partition coefficient (Wildman–Crippen LogP) is 3.04. The number of urea groups is 1. The van der Waals surface area contributed by atoms with Gasteiger partial charge in [-0.2, -0.15) is 0 Å². The van der Waals surface area contributed by atoms with Crippen LogP contribution in [0.4, 0.5) is 4.79 Å². The molecule has 0 heterocycles. The molecule has 1 aromatic carbocycles. The maximum Gasteiger partial charge on any atom is 0.338 e. The van der Waals surface area contributed by atoms with E-state index in [-0.39, 0.29) is 0 Å². The van der Waals surface area contributed by atoms with Crippen molar-refractivity contribution in [3.8, 4) is 5.75 Å². The fourth-order valence-electron chi connectivity index (χ4n) is 1.89. The van der Waals surface area contributed by atoms with Crippen LogP contribution in [0, 0.1) is 0 Å². The van der Waals surface area contributed by atoms with E-state index in [2.05, 4.69) is 17.6 Å². The van der Waals surface area contributed by atoms with Crippen molar-refractivity contribution in [2.24, 2.45) is 0 Å². The number of hydrogen-bond donors (Lipinski definition) is 2. The third kappa shape index (κ3) is 8.00. The van der Waals surface area contributed by atoms with E-state index in [0.717, 1.165) is 12.8 Å². The van der Waals surface area contributed by atoms with E-state index in [0.29, 0.717) is 17.9 Å². The molecule has 7 heteroatoms. The number of esters is 1. The summed E-state index contributed by atoms with van der Waals surface area (Å²) < 4.78 is 10.6. The first-order chi connectivity index (χ1) is 12.1. The van der Waals surface area contributed by atoms with E-state index in [1.165, 1.54) is 6.92 Å². The van der Waals surface area contributed by atoms with E-state index in [9.17, 15) is 14.4 Å². The summed E-state index contributed by atoms with van der Waals surface area (Å²) in [5.74, 6) is -0.678. The Morgan fingerprint density at radius 3 is 2.27 bits per heavy atom. The first kappa shape index (κ1) is 21.5. The van der Waals surface area contributed by atoms with Crippen LogP contribution in [0.5, 0.6) is 5.75 Å². The molecule has 7 nitrogen and oxygen atoms in total. The Balaban J connectivity index is 2.52. The lowest BCUT2D eigenvalue weighted by Crippen LogP contribution is -2.50. The van der Waals surface area contributed by atoms with Crippen molar-refractivity contribution in [2.45, 2.75) is 59.1 Å². The number of ether oxygens (including phenoxy) is 2. The number of rotatable bonds is 7. The molecular formula is C19H28N2O5. The predicted molar refractivity (Wildman–Crippen MR) is 98.1 cm³/mol. The molecule has 144 valence electrons. The van der Waals surface area contributed by atoms with Crippen LogP contribution >= 0.6 is 0 Å². The zero-order chi connectivity index (χ0) is 19.7. The number of hydrogen-bond acceptors (Lipinski definition) is 5. The van der Waals surface area contributed by atoms with E-state index in [1.54, 1.807) is 45.0 Å². The molecule has 0 aromatic heterocycles. The monoisotopic (exact) mass is 364 g/mol. The lowest BCUT2D eigenvalue weighted by Gasteiger charge is -2.21. The second kappa shape index (κ2) is 9.79. The summed E-state index contributed by atoms with van der Waals surface area (Å²) in [6.45, 7) is 9.46. The third-order valence-corrected chi connectivity index (χ3v) is 3.23. The Kier molecular flexibility index (Phi) is 8.09. The summed E-state index contributed by atoms with van der Waals surface area (Å²) in [5, 5.41) is 4.74. The number of imide groups is 1. The van der Waals surface area contributed by atoms with Gasteiger partial charge in [-0.1, -0.05) is 13.3 Å². The molecule has 1 rings (SSSR count). The maximum atomic E-state index is 12.1. The van der Waals surface area contributed by atoms with Crippen molar-refractivity contribution in [2.75, 3.05) is 6.61 Å². The smallest absolute Gasteiger partial charge is 0.338 e. The average molecular weight is 364 g/mol. The van der Waals surface area contributed by atoms with Crippen LogP contribution in [0.15, 0.2) is 24.3 Å².